The van der Waals surface area contributed by atoms with Crippen LogP contribution in [-0.4, -0.2) is 49.8 Å². The molecule has 0 bridgehead atoms. The van der Waals surface area contributed by atoms with E-state index >= 15 is 0 Å². The lowest BCUT2D eigenvalue weighted by molar-refractivity contribution is -0.125. The Morgan fingerprint density at radius 3 is 2.61 bits per heavy atom. The van der Waals surface area contributed by atoms with Gasteiger partial charge in [-0.2, -0.15) is 0 Å². The molecule has 2 N–H and O–H groups in total. The Kier molecular flexibility index (Phi) is 6.68. The molecular weight excluding hydrogens is 352 g/mol. The van der Waals surface area contributed by atoms with Crippen molar-refractivity contribution in [2.75, 3.05) is 48.8 Å². The first kappa shape index (κ1) is 19.9. The number of nitrogens with zero attached hydrogens (tertiary/aromatic N) is 4. The number of carbonyl (C=O) groups is 1. The lowest BCUT2D eigenvalue weighted by Crippen LogP contribution is -2.41. The first-order chi connectivity index (χ1) is 13.6. The van der Waals surface area contributed by atoms with E-state index in [1.807, 2.05) is 38.4 Å². The SMILES string of the molecule is CCCNC(=O)C1CCN(c2ccc(Nc3cccc(N(C)C)c3)nn2)CC1. The number of hydrogen-bond donors (Lipinski definition) is 2. The number of hydrogen-bond acceptors (Lipinski definition) is 6. The lowest BCUT2D eigenvalue weighted by atomic mass is 9.96. The van der Waals surface area contributed by atoms with Gasteiger partial charge in [-0.1, -0.05) is 13.0 Å². The van der Waals surface area contributed by atoms with Gasteiger partial charge in [0, 0.05) is 51.0 Å². The van der Waals surface area contributed by atoms with Crippen molar-refractivity contribution < 1.29 is 4.79 Å². The van der Waals surface area contributed by atoms with Crippen molar-refractivity contribution >= 4 is 28.9 Å². The Morgan fingerprint density at radius 1 is 1.18 bits per heavy atom. The zero-order valence-corrected chi connectivity index (χ0v) is 17.0. The Labute approximate surface area is 167 Å². The molecule has 1 aromatic heterocycles. The van der Waals surface area contributed by atoms with Gasteiger partial charge in [-0.25, -0.2) is 0 Å². The maximum Gasteiger partial charge on any atom is 0.223 e. The largest absolute Gasteiger partial charge is 0.378 e. The fourth-order valence-electron chi connectivity index (χ4n) is 3.33. The molecule has 1 fully saturated rings. The minimum Gasteiger partial charge on any atom is -0.378 e. The average Bonchev–Trinajstić information content (AvgIpc) is 2.73. The fraction of sp³-hybridized carbons (Fsp3) is 0.476. The summed E-state index contributed by atoms with van der Waals surface area (Å²) >= 11 is 0. The van der Waals surface area contributed by atoms with Crippen LogP contribution in [0.3, 0.4) is 0 Å². The zero-order chi connectivity index (χ0) is 19.9. The normalized spacial score (nSPS) is 14.6. The van der Waals surface area contributed by atoms with Gasteiger partial charge >= 0.3 is 0 Å². The van der Waals surface area contributed by atoms with Gasteiger partial charge in [-0.3, -0.25) is 4.79 Å². The molecule has 0 saturated carbocycles. The van der Waals surface area contributed by atoms with Crippen LogP contribution in [0.4, 0.5) is 23.0 Å². The molecule has 1 aliphatic heterocycles. The molecule has 2 aromatic rings. The molecule has 28 heavy (non-hydrogen) atoms. The molecule has 0 radical (unpaired) electrons. The van der Waals surface area contributed by atoms with Crippen LogP contribution < -0.4 is 20.4 Å². The summed E-state index contributed by atoms with van der Waals surface area (Å²) in [6.45, 7) is 4.49. The summed E-state index contributed by atoms with van der Waals surface area (Å²) in [4.78, 5) is 16.4. The molecule has 0 spiro atoms. The molecule has 150 valence electrons. The Morgan fingerprint density at radius 2 is 1.96 bits per heavy atom. The molecule has 7 heteroatoms. The second-order valence-corrected chi connectivity index (χ2v) is 7.40. The lowest BCUT2D eigenvalue weighted by Gasteiger charge is -2.31. The highest BCUT2D eigenvalue weighted by Gasteiger charge is 2.25. The van der Waals surface area contributed by atoms with Crippen LogP contribution >= 0.6 is 0 Å². The minimum atomic E-state index is 0.112. The van der Waals surface area contributed by atoms with E-state index in [0.29, 0.717) is 5.82 Å². The van der Waals surface area contributed by atoms with E-state index in [0.717, 1.165) is 56.1 Å². The molecule has 0 atom stereocenters. The van der Waals surface area contributed by atoms with Gasteiger partial charge in [0.2, 0.25) is 5.91 Å². The van der Waals surface area contributed by atoms with Crippen molar-refractivity contribution in [1.29, 1.82) is 0 Å². The molecule has 0 aliphatic carbocycles. The summed E-state index contributed by atoms with van der Waals surface area (Å²) in [5.74, 6) is 1.88. The third-order valence-electron chi connectivity index (χ3n) is 5.02. The van der Waals surface area contributed by atoms with Crippen LogP contribution in [0, 0.1) is 5.92 Å². The van der Waals surface area contributed by atoms with Gasteiger partial charge in [0.25, 0.3) is 0 Å². The molecule has 1 saturated heterocycles. The highest BCUT2D eigenvalue weighted by atomic mass is 16.1. The molecule has 2 heterocycles. The van der Waals surface area contributed by atoms with Gasteiger partial charge in [0.1, 0.15) is 0 Å². The van der Waals surface area contributed by atoms with Gasteiger partial charge in [-0.15, -0.1) is 10.2 Å². The standard InChI is InChI=1S/C21H30N6O/c1-4-12-22-21(28)16-10-13-27(14-11-16)20-9-8-19(24-25-20)23-17-6-5-7-18(15-17)26(2)3/h5-9,15-16H,4,10-14H2,1-3H3,(H,22,28)(H,23,24). The predicted octanol–water partition coefficient (Wildman–Crippen LogP) is 3.03. The summed E-state index contributed by atoms with van der Waals surface area (Å²) in [6, 6.07) is 12.1. The molecule has 3 rings (SSSR count). The third kappa shape index (κ3) is 5.12. The van der Waals surface area contributed by atoms with Crippen molar-refractivity contribution in [3.8, 4) is 0 Å². The van der Waals surface area contributed by atoms with E-state index in [4.69, 9.17) is 0 Å². The minimum absolute atomic E-state index is 0.112. The summed E-state index contributed by atoms with van der Waals surface area (Å²) in [7, 11) is 4.04. The molecule has 7 nitrogen and oxygen atoms in total. The predicted molar refractivity (Wildman–Crippen MR) is 114 cm³/mol. The van der Waals surface area contributed by atoms with Crippen molar-refractivity contribution in [1.82, 2.24) is 15.5 Å². The van der Waals surface area contributed by atoms with Crippen molar-refractivity contribution in [3.05, 3.63) is 36.4 Å². The smallest absolute Gasteiger partial charge is 0.223 e. The van der Waals surface area contributed by atoms with E-state index in [9.17, 15) is 4.79 Å². The average molecular weight is 383 g/mol. The summed E-state index contributed by atoms with van der Waals surface area (Å²) in [6.07, 6.45) is 2.68. The Bertz CT molecular complexity index is 769. The fourth-order valence-corrected chi connectivity index (χ4v) is 3.33. The number of benzene rings is 1. The van der Waals surface area contributed by atoms with E-state index in [2.05, 4.69) is 49.7 Å². The molecule has 1 amide bonds. The van der Waals surface area contributed by atoms with Crippen LogP contribution in [0.15, 0.2) is 36.4 Å². The Balaban J connectivity index is 1.55. The number of rotatable bonds is 7. The first-order valence-corrected chi connectivity index (χ1v) is 9.97. The first-order valence-electron chi connectivity index (χ1n) is 9.97. The van der Waals surface area contributed by atoms with Gasteiger partial charge in [0.15, 0.2) is 11.6 Å². The number of aromatic nitrogens is 2. The topological polar surface area (TPSA) is 73.4 Å². The number of nitrogens with one attached hydrogen (secondary N) is 2. The summed E-state index contributed by atoms with van der Waals surface area (Å²) < 4.78 is 0. The van der Waals surface area contributed by atoms with E-state index in [1.165, 1.54) is 0 Å². The molecule has 1 aliphatic rings. The summed E-state index contributed by atoms with van der Waals surface area (Å²) in [5.41, 5.74) is 2.10. The van der Waals surface area contributed by atoms with Crippen LogP contribution in [0.25, 0.3) is 0 Å². The van der Waals surface area contributed by atoms with Crippen molar-refractivity contribution in [2.45, 2.75) is 26.2 Å². The highest BCUT2D eigenvalue weighted by molar-refractivity contribution is 5.78. The maximum atomic E-state index is 12.1. The van der Waals surface area contributed by atoms with Crippen molar-refractivity contribution in [3.63, 3.8) is 0 Å². The number of carbonyl (C=O) groups excluding carboxylic acids is 1. The van der Waals surface area contributed by atoms with E-state index in [1.54, 1.807) is 0 Å². The monoisotopic (exact) mass is 382 g/mol. The number of amides is 1. The second-order valence-electron chi connectivity index (χ2n) is 7.40. The van der Waals surface area contributed by atoms with Crippen LogP contribution in [0.5, 0.6) is 0 Å². The van der Waals surface area contributed by atoms with Gasteiger partial charge in [-0.05, 0) is 49.6 Å². The van der Waals surface area contributed by atoms with Gasteiger partial charge in [0.05, 0.1) is 0 Å². The maximum absolute atomic E-state index is 12.1. The van der Waals surface area contributed by atoms with Gasteiger partial charge < -0.3 is 20.4 Å². The summed E-state index contributed by atoms with van der Waals surface area (Å²) in [5, 5.41) is 15.0. The van der Waals surface area contributed by atoms with Crippen LogP contribution in [-0.2, 0) is 4.79 Å². The molecular formula is C21H30N6O. The quantitative estimate of drug-likeness (QED) is 0.767. The third-order valence-corrected chi connectivity index (χ3v) is 5.02. The van der Waals surface area contributed by atoms with Crippen molar-refractivity contribution in [2.24, 2.45) is 5.92 Å². The van der Waals surface area contributed by atoms with Crippen LogP contribution in [0.1, 0.15) is 26.2 Å². The zero-order valence-electron chi connectivity index (χ0n) is 17.0. The van der Waals surface area contributed by atoms with E-state index in [-0.39, 0.29) is 11.8 Å². The number of anilines is 4. The molecule has 1 aromatic carbocycles. The molecule has 0 unspecified atom stereocenters. The van der Waals surface area contributed by atoms with E-state index < -0.39 is 0 Å². The second kappa shape index (κ2) is 9.39. The highest BCUT2D eigenvalue weighted by Crippen LogP contribution is 2.24. The Hall–Kier alpha value is -2.83. The van der Waals surface area contributed by atoms with Crippen LogP contribution in [0.2, 0.25) is 0 Å². The number of piperidine rings is 1.